The first-order valence-corrected chi connectivity index (χ1v) is 7.30. The first kappa shape index (κ1) is 16.8. The summed E-state index contributed by atoms with van der Waals surface area (Å²) in [6, 6.07) is 4.76. The second kappa shape index (κ2) is 7.59. The van der Waals surface area contributed by atoms with Gasteiger partial charge >= 0.3 is 0 Å². The summed E-state index contributed by atoms with van der Waals surface area (Å²) in [5.41, 5.74) is 6.47. The summed E-state index contributed by atoms with van der Waals surface area (Å²) in [6.07, 6.45) is 1.44. The fourth-order valence-corrected chi connectivity index (χ4v) is 2.08. The molecule has 23 heavy (non-hydrogen) atoms. The normalized spacial score (nSPS) is 11.8. The predicted molar refractivity (Wildman–Crippen MR) is 86.4 cm³/mol. The van der Waals surface area contributed by atoms with Gasteiger partial charge in [0.25, 0.3) is 0 Å². The number of rotatable bonds is 7. The van der Waals surface area contributed by atoms with E-state index in [1.165, 1.54) is 0 Å². The number of nitrogens with one attached hydrogen (secondary N) is 2. The molecule has 8 heteroatoms. The Morgan fingerprint density at radius 2 is 2.17 bits per heavy atom. The zero-order valence-corrected chi connectivity index (χ0v) is 13.4. The Labute approximate surface area is 134 Å². The maximum atomic E-state index is 11.9. The molecule has 1 aromatic heterocycles. The van der Waals surface area contributed by atoms with Crippen LogP contribution < -0.4 is 20.5 Å². The van der Waals surface area contributed by atoms with E-state index in [9.17, 15) is 4.79 Å². The van der Waals surface area contributed by atoms with Crippen molar-refractivity contribution in [1.29, 1.82) is 0 Å². The van der Waals surface area contributed by atoms with Crippen molar-refractivity contribution in [3.8, 4) is 22.9 Å². The molecule has 0 aliphatic carbocycles. The van der Waals surface area contributed by atoms with Crippen molar-refractivity contribution < 1.29 is 14.3 Å². The van der Waals surface area contributed by atoms with E-state index >= 15 is 0 Å². The number of anilines is 1. The van der Waals surface area contributed by atoms with Gasteiger partial charge in [-0.3, -0.25) is 15.2 Å². The molecule has 0 aliphatic rings. The lowest BCUT2D eigenvalue weighted by Crippen LogP contribution is -2.35. The molecular weight excluding hydrogens is 298 g/mol. The highest BCUT2D eigenvalue weighted by atomic mass is 16.5. The van der Waals surface area contributed by atoms with E-state index in [1.54, 1.807) is 32.4 Å². The van der Waals surface area contributed by atoms with Crippen LogP contribution in [0.15, 0.2) is 18.2 Å². The molecular formula is C15H21N5O3. The molecule has 0 fully saturated rings. The highest BCUT2D eigenvalue weighted by Gasteiger charge is 2.16. The molecule has 0 spiro atoms. The van der Waals surface area contributed by atoms with Crippen LogP contribution in [-0.2, 0) is 4.79 Å². The lowest BCUT2D eigenvalue weighted by molar-refractivity contribution is -0.117. The number of carbonyl (C=O) groups excluding carboxylic acids is 1. The minimum absolute atomic E-state index is 0.175. The van der Waals surface area contributed by atoms with Gasteiger partial charge in [0.2, 0.25) is 11.9 Å². The van der Waals surface area contributed by atoms with E-state index in [4.69, 9.17) is 15.2 Å². The van der Waals surface area contributed by atoms with E-state index in [2.05, 4.69) is 20.5 Å². The molecule has 1 unspecified atom stereocenters. The summed E-state index contributed by atoms with van der Waals surface area (Å²) in [4.78, 5) is 16.1. The molecule has 1 atom stereocenters. The summed E-state index contributed by atoms with van der Waals surface area (Å²) in [6.45, 7) is 1.97. The molecule has 2 rings (SSSR count). The first-order valence-electron chi connectivity index (χ1n) is 7.30. The van der Waals surface area contributed by atoms with Crippen LogP contribution in [0.5, 0.6) is 11.5 Å². The van der Waals surface area contributed by atoms with Crippen molar-refractivity contribution in [3.05, 3.63) is 18.2 Å². The number of hydrogen-bond acceptors (Lipinski definition) is 6. The van der Waals surface area contributed by atoms with Gasteiger partial charge in [0.15, 0.2) is 5.82 Å². The fourth-order valence-electron chi connectivity index (χ4n) is 2.08. The van der Waals surface area contributed by atoms with E-state index in [1.807, 2.05) is 6.92 Å². The van der Waals surface area contributed by atoms with E-state index in [-0.39, 0.29) is 11.9 Å². The zero-order valence-electron chi connectivity index (χ0n) is 13.4. The summed E-state index contributed by atoms with van der Waals surface area (Å²) < 4.78 is 10.5. The molecule has 8 nitrogen and oxygen atoms in total. The fraction of sp³-hybridized carbons (Fsp3) is 0.400. The van der Waals surface area contributed by atoms with Crippen LogP contribution in [0.4, 0.5) is 5.95 Å². The second-order valence-corrected chi connectivity index (χ2v) is 4.96. The Hall–Kier alpha value is -2.61. The molecule has 1 heterocycles. The second-order valence-electron chi connectivity index (χ2n) is 4.96. The van der Waals surface area contributed by atoms with Crippen molar-refractivity contribution >= 4 is 11.9 Å². The molecule has 0 aliphatic heterocycles. The largest absolute Gasteiger partial charge is 0.497 e. The van der Waals surface area contributed by atoms with Gasteiger partial charge in [-0.15, -0.1) is 5.10 Å². The van der Waals surface area contributed by atoms with E-state index < -0.39 is 6.04 Å². The Balaban J connectivity index is 2.17. The maximum absolute atomic E-state index is 11.9. The van der Waals surface area contributed by atoms with Crippen molar-refractivity contribution in [2.75, 3.05) is 19.5 Å². The Bertz CT molecular complexity index is 671. The van der Waals surface area contributed by atoms with Crippen molar-refractivity contribution in [3.63, 3.8) is 0 Å². The average Bonchev–Trinajstić information content (AvgIpc) is 3.02. The minimum atomic E-state index is -0.572. The molecule has 0 saturated carbocycles. The summed E-state index contributed by atoms with van der Waals surface area (Å²) >= 11 is 0. The zero-order chi connectivity index (χ0) is 16.8. The number of hydrogen-bond donors (Lipinski definition) is 3. The molecule has 1 amide bonds. The molecule has 124 valence electrons. The summed E-state index contributed by atoms with van der Waals surface area (Å²) in [5.74, 6) is 1.60. The van der Waals surface area contributed by atoms with Gasteiger partial charge in [-0.2, -0.15) is 4.98 Å². The van der Waals surface area contributed by atoms with Crippen molar-refractivity contribution in [2.45, 2.75) is 25.8 Å². The molecule has 0 saturated heterocycles. The number of amides is 1. The third-order valence-corrected chi connectivity index (χ3v) is 3.32. The monoisotopic (exact) mass is 319 g/mol. The number of ether oxygens (including phenoxy) is 2. The van der Waals surface area contributed by atoms with Gasteiger partial charge in [0, 0.05) is 6.07 Å². The van der Waals surface area contributed by atoms with Crippen LogP contribution >= 0.6 is 0 Å². The minimum Gasteiger partial charge on any atom is -0.497 e. The smallest absolute Gasteiger partial charge is 0.249 e. The van der Waals surface area contributed by atoms with E-state index in [0.717, 1.165) is 6.42 Å². The molecule has 1 aromatic carbocycles. The standard InChI is InChI=1S/C15H21N5O3/c1-4-5-11(16)14(21)18-15-17-13(19-20-15)10-7-6-9(22-2)8-12(10)23-3/h6-8,11H,4-5,16H2,1-3H3,(H2,17,18,19,20,21). The predicted octanol–water partition coefficient (Wildman–Crippen LogP) is 1.55. The average molecular weight is 319 g/mol. The van der Waals surface area contributed by atoms with Gasteiger partial charge in [-0.1, -0.05) is 13.3 Å². The van der Waals surface area contributed by atoms with E-state index in [0.29, 0.717) is 29.3 Å². The topological polar surface area (TPSA) is 115 Å². The Kier molecular flexibility index (Phi) is 5.53. The van der Waals surface area contributed by atoms with Gasteiger partial charge in [0.1, 0.15) is 11.5 Å². The van der Waals surface area contributed by atoms with Gasteiger partial charge < -0.3 is 15.2 Å². The highest BCUT2D eigenvalue weighted by Crippen LogP contribution is 2.31. The number of aromatic nitrogens is 3. The van der Waals surface area contributed by atoms with Crippen LogP contribution in [0.1, 0.15) is 19.8 Å². The molecule has 0 radical (unpaired) electrons. The van der Waals surface area contributed by atoms with Crippen LogP contribution in [-0.4, -0.2) is 41.3 Å². The Morgan fingerprint density at radius 3 is 2.83 bits per heavy atom. The molecule has 0 bridgehead atoms. The summed E-state index contributed by atoms with van der Waals surface area (Å²) in [7, 11) is 3.14. The highest BCUT2D eigenvalue weighted by molar-refractivity contribution is 5.93. The molecule has 4 N–H and O–H groups in total. The Morgan fingerprint density at radius 1 is 1.39 bits per heavy atom. The lowest BCUT2D eigenvalue weighted by atomic mass is 10.2. The van der Waals surface area contributed by atoms with Crippen LogP contribution in [0.2, 0.25) is 0 Å². The van der Waals surface area contributed by atoms with Gasteiger partial charge in [-0.05, 0) is 18.6 Å². The van der Waals surface area contributed by atoms with Crippen LogP contribution in [0, 0.1) is 0 Å². The number of methoxy groups -OCH3 is 2. The third kappa shape index (κ3) is 3.98. The van der Waals surface area contributed by atoms with Crippen LogP contribution in [0.3, 0.4) is 0 Å². The number of benzene rings is 1. The van der Waals surface area contributed by atoms with Gasteiger partial charge in [-0.25, -0.2) is 0 Å². The lowest BCUT2D eigenvalue weighted by Gasteiger charge is -2.08. The maximum Gasteiger partial charge on any atom is 0.249 e. The van der Waals surface area contributed by atoms with Crippen LogP contribution in [0.25, 0.3) is 11.4 Å². The molecule has 2 aromatic rings. The quantitative estimate of drug-likeness (QED) is 0.713. The first-order chi connectivity index (χ1) is 11.1. The number of H-pyrrole nitrogens is 1. The van der Waals surface area contributed by atoms with Crippen molar-refractivity contribution in [2.24, 2.45) is 5.73 Å². The number of nitrogens with two attached hydrogens (primary N) is 1. The number of carbonyl (C=O) groups is 1. The number of aromatic amines is 1. The van der Waals surface area contributed by atoms with Gasteiger partial charge in [0.05, 0.1) is 25.8 Å². The van der Waals surface area contributed by atoms with Crippen molar-refractivity contribution in [1.82, 2.24) is 15.2 Å². The number of nitrogens with zero attached hydrogens (tertiary/aromatic N) is 2. The SMILES string of the molecule is CCCC(N)C(=O)Nc1n[nH]c(-c2ccc(OC)cc2OC)n1. The summed E-state index contributed by atoms with van der Waals surface area (Å²) in [5, 5.41) is 9.35. The third-order valence-electron chi connectivity index (χ3n) is 3.32.